The Morgan fingerprint density at radius 2 is 2.38 bits per heavy atom. The van der Waals surface area contributed by atoms with Crippen molar-refractivity contribution in [3.05, 3.63) is 12.5 Å². The summed E-state index contributed by atoms with van der Waals surface area (Å²) in [5.74, 6) is 1.37. The molecule has 2 rings (SSSR count). The summed E-state index contributed by atoms with van der Waals surface area (Å²) in [6.45, 7) is 4.49. The number of piperidine rings is 1. The number of anilines is 2. The average Bonchev–Trinajstić information content (AvgIpc) is 2.25. The molecule has 88 valence electrons. The smallest absolute Gasteiger partial charge is 0.152 e. The first-order chi connectivity index (χ1) is 7.66. The molecule has 0 amide bonds. The molecule has 1 saturated heterocycles. The van der Waals surface area contributed by atoms with E-state index in [-0.39, 0.29) is 0 Å². The highest BCUT2D eigenvalue weighted by molar-refractivity contribution is 5.59. The molecule has 0 bridgehead atoms. The quantitative estimate of drug-likeness (QED) is 0.773. The van der Waals surface area contributed by atoms with E-state index in [0.29, 0.717) is 17.6 Å². The first-order valence-electron chi connectivity index (χ1n) is 5.67. The maximum absolute atomic E-state index is 5.81. The third-order valence-corrected chi connectivity index (χ3v) is 3.17. The fourth-order valence-corrected chi connectivity index (χ4v) is 2.21. The van der Waals surface area contributed by atoms with Crippen molar-refractivity contribution < 1.29 is 0 Å². The van der Waals surface area contributed by atoms with Crippen LogP contribution in [-0.2, 0) is 0 Å². The lowest BCUT2D eigenvalue weighted by Crippen LogP contribution is -2.43. The van der Waals surface area contributed by atoms with Gasteiger partial charge in [0, 0.05) is 12.6 Å². The summed E-state index contributed by atoms with van der Waals surface area (Å²) < 4.78 is 0. The van der Waals surface area contributed by atoms with E-state index in [1.165, 1.54) is 6.33 Å². The van der Waals surface area contributed by atoms with Gasteiger partial charge in [0.15, 0.2) is 5.82 Å². The summed E-state index contributed by atoms with van der Waals surface area (Å²) >= 11 is 0. The van der Waals surface area contributed by atoms with Crippen LogP contribution < -0.4 is 11.1 Å². The number of nitrogens with two attached hydrogens (primary N) is 1. The van der Waals surface area contributed by atoms with Crippen LogP contribution >= 0.6 is 0 Å². The van der Waals surface area contributed by atoms with Crippen LogP contribution in [0.25, 0.3) is 0 Å². The third-order valence-electron chi connectivity index (χ3n) is 3.17. The van der Waals surface area contributed by atoms with Crippen molar-refractivity contribution in [2.75, 3.05) is 31.2 Å². The topological polar surface area (TPSA) is 67.1 Å². The van der Waals surface area contributed by atoms with Crippen molar-refractivity contribution in [2.45, 2.75) is 19.4 Å². The van der Waals surface area contributed by atoms with E-state index in [4.69, 9.17) is 5.73 Å². The molecule has 0 radical (unpaired) electrons. The Kier molecular flexibility index (Phi) is 3.24. The standard InChI is InChI=1S/C11H19N5/c1-8-6-16(2)4-3-10(8)15-11-9(12)5-13-7-14-11/h5,7-8,10H,3-4,6,12H2,1-2H3,(H,13,14,15). The number of hydrogen-bond acceptors (Lipinski definition) is 5. The van der Waals surface area contributed by atoms with Gasteiger partial charge in [0.1, 0.15) is 6.33 Å². The molecule has 2 atom stereocenters. The van der Waals surface area contributed by atoms with Gasteiger partial charge in [-0.15, -0.1) is 0 Å². The van der Waals surface area contributed by atoms with Gasteiger partial charge < -0.3 is 16.0 Å². The van der Waals surface area contributed by atoms with Crippen molar-refractivity contribution >= 4 is 11.5 Å². The minimum Gasteiger partial charge on any atom is -0.394 e. The molecule has 3 N–H and O–H groups in total. The van der Waals surface area contributed by atoms with E-state index in [9.17, 15) is 0 Å². The van der Waals surface area contributed by atoms with Gasteiger partial charge in [0.2, 0.25) is 0 Å². The lowest BCUT2D eigenvalue weighted by molar-refractivity contribution is 0.206. The zero-order chi connectivity index (χ0) is 11.5. The Morgan fingerprint density at radius 1 is 1.56 bits per heavy atom. The second-order valence-corrected chi connectivity index (χ2v) is 4.61. The van der Waals surface area contributed by atoms with Crippen LogP contribution in [0.2, 0.25) is 0 Å². The monoisotopic (exact) mass is 221 g/mol. The maximum Gasteiger partial charge on any atom is 0.152 e. The molecule has 0 spiro atoms. The number of nitrogens with zero attached hydrogens (tertiary/aromatic N) is 3. The highest BCUT2D eigenvalue weighted by Crippen LogP contribution is 2.21. The van der Waals surface area contributed by atoms with Gasteiger partial charge in [-0.05, 0) is 25.9 Å². The fourth-order valence-electron chi connectivity index (χ4n) is 2.21. The van der Waals surface area contributed by atoms with E-state index < -0.39 is 0 Å². The molecule has 1 aromatic heterocycles. The van der Waals surface area contributed by atoms with Crippen LogP contribution in [0.5, 0.6) is 0 Å². The summed E-state index contributed by atoms with van der Waals surface area (Å²) in [5.41, 5.74) is 6.43. The van der Waals surface area contributed by atoms with Gasteiger partial charge in [0.25, 0.3) is 0 Å². The summed E-state index contributed by atoms with van der Waals surface area (Å²) in [5, 5.41) is 3.42. The van der Waals surface area contributed by atoms with Gasteiger partial charge in [-0.1, -0.05) is 6.92 Å². The van der Waals surface area contributed by atoms with Crippen molar-refractivity contribution in [2.24, 2.45) is 5.92 Å². The van der Waals surface area contributed by atoms with Crippen LogP contribution in [0.4, 0.5) is 11.5 Å². The number of rotatable bonds is 2. The van der Waals surface area contributed by atoms with Crippen LogP contribution in [0.15, 0.2) is 12.5 Å². The Labute approximate surface area is 96.1 Å². The van der Waals surface area contributed by atoms with E-state index >= 15 is 0 Å². The molecular formula is C11H19N5. The van der Waals surface area contributed by atoms with E-state index in [1.807, 2.05) is 0 Å². The summed E-state index contributed by atoms with van der Waals surface area (Å²) in [4.78, 5) is 10.4. The van der Waals surface area contributed by atoms with Crippen molar-refractivity contribution in [3.63, 3.8) is 0 Å². The van der Waals surface area contributed by atoms with Gasteiger partial charge in [-0.25, -0.2) is 9.97 Å². The van der Waals surface area contributed by atoms with E-state index in [1.54, 1.807) is 6.20 Å². The molecule has 0 saturated carbocycles. The molecule has 5 nitrogen and oxygen atoms in total. The second-order valence-electron chi connectivity index (χ2n) is 4.61. The van der Waals surface area contributed by atoms with E-state index in [0.717, 1.165) is 25.3 Å². The Morgan fingerprint density at radius 3 is 3.06 bits per heavy atom. The maximum atomic E-state index is 5.81. The molecule has 1 aromatic rings. The number of nitrogens with one attached hydrogen (secondary N) is 1. The summed E-state index contributed by atoms with van der Waals surface area (Å²) in [7, 11) is 2.16. The van der Waals surface area contributed by atoms with Crippen LogP contribution in [-0.4, -0.2) is 41.0 Å². The molecule has 0 aliphatic carbocycles. The number of aromatic nitrogens is 2. The zero-order valence-electron chi connectivity index (χ0n) is 9.85. The second kappa shape index (κ2) is 4.65. The number of likely N-dealkylation sites (tertiary alicyclic amines) is 1. The first kappa shape index (κ1) is 11.1. The fraction of sp³-hybridized carbons (Fsp3) is 0.636. The molecule has 2 unspecified atom stereocenters. The Hall–Kier alpha value is -1.36. The van der Waals surface area contributed by atoms with Crippen LogP contribution in [0.1, 0.15) is 13.3 Å². The highest BCUT2D eigenvalue weighted by Gasteiger charge is 2.24. The molecule has 1 aliphatic rings. The van der Waals surface area contributed by atoms with Crippen molar-refractivity contribution in [1.82, 2.24) is 14.9 Å². The molecular weight excluding hydrogens is 202 g/mol. The molecule has 2 heterocycles. The normalized spacial score (nSPS) is 26.6. The first-order valence-corrected chi connectivity index (χ1v) is 5.67. The van der Waals surface area contributed by atoms with Crippen LogP contribution in [0, 0.1) is 5.92 Å². The molecule has 16 heavy (non-hydrogen) atoms. The lowest BCUT2D eigenvalue weighted by Gasteiger charge is -2.35. The highest BCUT2D eigenvalue weighted by atomic mass is 15.1. The predicted octanol–water partition coefficient (Wildman–Crippen LogP) is 0.811. The third kappa shape index (κ3) is 2.41. The SMILES string of the molecule is CC1CN(C)CCC1Nc1ncncc1N. The predicted molar refractivity (Wildman–Crippen MR) is 65.1 cm³/mol. The zero-order valence-corrected chi connectivity index (χ0v) is 9.85. The van der Waals surface area contributed by atoms with E-state index in [2.05, 4.69) is 34.2 Å². The van der Waals surface area contributed by atoms with Crippen molar-refractivity contribution in [3.8, 4) is 0 Å². The molecule has 1 aliphatic heterocycles. The average molecular weight is 221 g/mol. The largest absolute Gasteiger partial charge is 0.394 e. The molecule has 0 aromatic carbocycles. The number of nitrogen functional groups attached to an aromatic ring is 1. The molecule has 5 heteroatoms. The van der Waals surface area contributed by atoms with Crippen molar-refractivity contribution in [1.29, 1.82) is 0 Å². The Bertz CT molecular complexity index is 354. The van der Waals surface area contributed by atoms with Gasteiger partial charge >= 0.3 is 0 Å². The van der Waals surface area contributed by atoms with Gasteiger partial charge in [-0.2, -0.15) is 0 Å². The van der Waals surface area contributed by atoms with Gasteiger partial charge in [-0.3, -0.25) is 0 Å². The lowest BCUT2D eigenvalue weighted by atomic mass is 9.94. The summed E-state index contributed by atoms with van der Waals surface area (Å²) in [6, 6.07) is 0.452. The Balaban J connectivity index is 2.02. The molecule has 1 fully saturated rings. The van der Waals surface area contributed by atoms with Gasteiger partial charge in [0.05, 0.1) is 11.9 Å². The number of hydrogen-bond donors (Lipinski definition) is 2. The van der Waals surface area contributed by atoms with Crippen LogP contribution in [0.3, 0.4) is 0 Å². The minimum atomic E-state index is 0.452. The summed E-state index contributed by atoms with van der Waals surface area (Å²) in [6.07, 6.45) is 4.29. The minimum absolute atomic E-state index is 0.452.